The third-order valence-corrected chi connectivity index (χ3v) is 7.65. The number of carbonyl (C=O) groups is 1. The van der Waals surface area contributed by atoms with Crippen molar-refractivity contribution in [1.29, 1.82) is 0 Å². The highest BCUT2D eigenvalue weighted by Gasteiger charge is 2.26. The average Bonchev–Trinajstić information content (AvgIpc) is 3.17. The summed E-state index contributed by atoms with van der Waals surface area (Å²) >= 11 is 0. The number of nitrogens with zero attached hydrogens (tertiary/aromatic N) is 2. The first-order valence-electron chi connectivity index (χ1n) is 10.2. The predicted octanol–water partition coefficient (Wildman–Crippen LogP) is 1.93. The molecule has 0 aliphatic carbocycles. The van der Waals surface area contributed by atoms with Gasteiger partial charge in [0.05, 0.1) is 4.90 Å². The molecule has 0 unspecified atom stereocenters. The van der Waals surface area contributed by atoms with Crippen molar-refractivity contribution in [3.63, 3.8) is 0 Å². The number of carbonyl (C=O) groups excluding carboxylic acids is 1. The molecule has 7 heteroatoms. The molecule has 2 aromatic carbocycles. The molecule has 2 N–H and O–H groups in total. The van der Waals surface area contributed by atoms with E-state index < -0.39 is 10.0 Å². The Labute approximate surface area is 173 Å². The fourth-order valence-corrected chi connectivity index (χ4v) is 5.24. The third-order valence-electron chi connectivity index (χ3n) is 5.58. The molecule has 3 rings (SSSR count). The molecule has 1 aliphatic rings. The first-order valence-corrected chi connectivity index (χ1v) is 11.6. The van der Waals surface area contributed by atoms with Crippen molar-refractivity contribution in [3.05, 3.63) is 59.7 Å². The van der Waals surface area contributed by atoms with Crippen LogP contribution in [0.3, 0.4) is 0 Å². The summed E-state index contributed by atoms with van der Waals surface area (Å²) in [4.78, 5) is 14.8. The van der Waals surface area contributed by atoms with Crippen molar-refractivity contribution in [2.45, 2.75) is 38.1 Å². The van der Waals surface area contributed by atoms with Crippen LogP contribution in [0.4, 0.5) is 5.69 Å². The lowest BCUT2D eigenvalue weighted by atomic mass is 10.1. The third kappa shape index (κ3) is 4.52. The number of amides is 1. The SMILES string of the molecule is CCN(CC)S(=O)(=O)c1ccc([C@@H](C)[NH2+]CC(=O)N2CCc3ccccc32)cc1. The van der Waals surface area contributed by atoms with Crippen molar-refractivity contribution in [2.24, 2.45) is 0 Å². The zero-order valence-electron chi connectivity index (χ0n) is 17.3. The maximum absolute atomic E-state index is 12.7. The highest BCUT2D eigenvalue weighted by molar-refractivity contribution is 7.89. The van der Waals surface area contributed by atoms with E-state index in [1.807, 2.05) is 61.3 Å². The van der Waals surface area contributed by atoms with Gasteiger partial charge in [-0.25, -0.2) is 8.42 Å². The van der Waals surface area contributed by atoms with Crippen LogP contribution in [-0.4, -0.2) is 44.8 Å². The number of para-hydroxylation sites is 1. The normalized spacial score (nSPS) is 14.8. The van der Waals surface area contributed by atoms with Crippen LogP contribution in [0.25, 0.3) is 0 Å². The van der Waals surface area contributed by atoms with Gasteiger partial charge in [-0.3, -0.25) is 4.79 Å². The number of hydrogen-bond donors (Lipinski definition) is 1. The zero-order valence-corrected chi connectivity index (χ0v) is 18.2. The van der Waals surface area contributed by atoms with E-state index in [1.54, 1.807) is 12.1 Å². The van der Waals surface area contributed by atoms with Gasteiger partial charge in [-0.05, 0) is 37.1 Å². The maximum Gasteiger partial charge on any atom is 0.282 e. The second kappa shape index (κ2) is 9.07. The van der Waals surface area contributed by atoms with E-state index in [4.69, 9.17) is 0 Å². The Hall–Kier alpha value is -2.22. The van der Waals surface area contributed by atoms with Gasteiger partial charge in [-0.15, -0.1) is 0 Å². The van der Waals surface area contributed by atoms with Crippen molar-refractivity contribution in [1.82, 2.24) is 4.31 Å². The number of hydrogen-bond acceptors (Lipinski definition) is 3. The van der Waals surface area contributed by atoms with Crippen LogP contribution in [0.15, 0.2) is 53.4 Å². The molecule has 0 fully saturated rings. The smallest absolute Gasteiger partial charge is 0.282 e. The van der Waals surface area contributed by atoms with Crippen molar-refractivity contribution in [2.75, 3.05) is 31.1 Å². The Bertz CT molecular complexity index is 954. The Morgan fingerprint density at radius 2 is 1.76 bits per heavy atom. The minimum atomic E-state index is -3.45. The summed E-state index contributed by atoms with van der Waals surface area (Å²) in [7, 11) is -3.45. The van der Waals surface area contributed by atoms with Gasteiger partial charge in [-0.1, -0.05) is 44.2 Å². The highest BCUT2D eigenvalue weighted by atomic mass is 32.2. The van der Waals surface area contributed by atoms with Gasteiger partial charge in [0.1, 0.15) is 6.04 Å². The number of nitrogens with two attached hydrogens (primary N) is 1. The lowest BCUT2D eigenvalue weighted by molar-refractivity contribution is -0.682. The van der Waals surface area contributed by atoms with E-state index in [9.17, 15) is 13.2 Å². The predicted molar refractivity (Wildman–Crippen MR) is 114 cm³/mol. The van der Waals surface area contributed by atoms with Gasteiger partial charge >= 0.3 is 0 Å². The highest BCUT2D eigenvalue weighted by Crippen LogP contribution is 2.27. The molecule has 1 amide bonds. The second-order valence-electron chi connectivity index (χ2n) is 7.31. The number of anilines is 1. The van der Waals surface area contributed by atoms with Crippen molar-refractivity contribution >= 4 is 21.6 Å². The number of rotatable bonds is 8. The Morgan fingerprint density at radius 1 is 1.10 bits per heavy atom. The van der Waals surface area contributed by atoms with Gasteiger partial charge in [0.25, 0.3) is 5.91 Å². The average molecular weight is 417 g/mol. The van der Waals surface area contributed by atoms with Crippen molar-refractivity contribution in [3.8, 4) is 0 Å². The minimum Gasteiger partial charge on any atom is -0.333 e. The van der Waals surface area contributed by atoms with Crippen LogP contribution in [0.1, 0.15) is 37.9 Å². The fraction of sp³-hybridized carbons (Fsp3) is 0.409. The summed E-state index contributed by atoms with van der Waals surface area (Å²) in [5, 5.41) is 2.00. The number of sulfonamides is 1. The van der Waals surface area contributed by atoms with Gasteiger partial charge in [0.2, 0.25) is 10.0 Å². The van der Waals surface area contributed by atoms with E-state index in [1.165, 1.54) is 9.87 Å². The minimum absolute atomic E-state index is 0.0574. The molecule has 1 heterocycles. The molecule has 0 radical (unpaired) electrons. The molecular formula is C22H30N3O3S+. The van der Waals surface area contributed by atoms with Crippen LogP contribution in [0.2, 0.25) is 0 Å². The molecule has 0 spiro atoms. The van der Waals surface area contributed by atoms with E-state index in [0.717, 1.165) is 24.2 Å². The van der Waals surface area contributed by atoms with Gasteiger partial charge < -0.3 is 10.2 Å². The summed E-state index contributed by atoms with van der Waals surface area (Å²) < 4.78 is 26.7. The Balaban J connectivity index is 1.62. The number of quaternary nitrogens is 1. The molecule has 0 aromatic heterocycles. The first kappa shape index (κ1) is 21.5. The topological polar surface area (TPSA) is 74.3 Å². The van der Waals surface area contributed by atoms with E-state index in [-0.39, 0.29) is 11.9 Å². The second-order valence-corrected chi connectivity index (χ2v) is 9.25. The van der Waals surface area contributed by atoms with Crippen LogP contribution >= 0.6 is 0 Å². The largest absolute Gasteiger partial charge is 0.333 e. The molecular weight excluding hydrogens is 386 g/mol. The Morgan fingerprint density at radius 3 is 2.41 bits per heavy atom. The molecule has 156 valence electrons. The van der Waals surface area contributed by atoms with E-state index in [2.05, 4.69) is 6.07 Å². The van der Waals surface area contributed by atoms with Gasteiger partial charge in [0, 0.05) is 30.9 Å². The summed E-state index contributed by atoms with van der Waals surface area (Å²) in [6, 6.07) is 15.1. The van der Waals surface area contributed by atoms with Gasteiger partial charge in [-0.2, -0.15) is 4.31 Å². The first-order chi connectivity index (χ1) is 13.9. The lowest BCUT2D eigenvalue weighted by Crippen LogP contribution is -2.87. The number of benzene rings is 2. The molecule has 0 bridgehead atoms. The van der Waals surface area contributed by atoms with Crippen LogP contribution in [0, 0.1) is 0 Å². The summed E-state index contributed by atoms with van der Waals surface area (Å²) in [6.07, 6.45) is 0.903. The monoisotopic (exact) mass is 416 g/mol. The standard InChI is InChI=1S/C22H29N3O3S/c1-4-24(5-2)29(27,28)20-12-10-18(11-13-20)17(3)23-16-22(26)25-15-14-19-8-6-7-9-21(19)25/h6-13,17,23H,4-5,14-16H2,1-3H3/p+1/t17-/m1/s1. The quantitative estimate of drug-likeness (QED) is 0.715. The summed E-state index contributed by atoms with van der Waals surface area (Å²) in [5.41, 5.74) is 3.24. The van der Waals surface area contributed by atoms with Crippen LogP contribution in [0.5, 0.6) is 0 Å². The van der Waals surface area contributed by atoms with Crippen LogP contribution < -0.4 is 10.2 Å². The van der Waals surface area contributed by atoms with Crippen molar-refractivity contribution < 1.29 is 18.5 Å². The summed E-state index contributed by atoms with van der Waals surface area (Å²) in [6.45, 7) is 7.69. The van der Waals surface area contributed by atoms with Crippen LogP contribution in [-0.2, 0) is 21.2 Å². The lowest BCUT2D eigenvalue weighted by Gasteiger charge is -2.19. The summed E-state index contributed by atoms with van der Waals surface area (Å²) in [5.74, 6) is 0.0996. The molecule has 0 saturated carbocycles. The van der Waals surface area contributed by atoms with E-state index in [0.29, 0.717) is 24.5 Å². The Kier molecular flexibility index (Phi) is 6.72. The molecule has 29 heavy (non-hydrogen) atoms. The van der Waals surface area contributed by atoms with E-state index >= 15 is 0 Å². The molecule has 1 atom stereocenters. The molecule has 0 saturated heterocycles. The molecule has 1 aliphatic heterocycles. The number of fused-ring (bicyclic) bond motifs is 1. The van der Waals surface area contributed by atoms with Gasteiger partial charge in [0.15, 0.2) is 6.54 Å². The molecule has 6 nitrogen and oxygen atoms in total. The molecule has 2 aromatic rings. The fourth-order valence-electron chi connectivity index (χ4n) is 3.78. The zero-order chi connectivity index (χ0) is 21.0. The maximum atomic E-state index is 12.7.